The molecule has 2 heterocycles. The number of rotatable bonds is 3. The Bertz CT molecular complexity index is 611. The van der Waals surface area contributed by atoms with E-state index in [1.165, 1.54) is 0 Å². The van der Waals surface area contributed by atoms with E-state index in [0.717, 1.165) is 19.3 Å². The van der Waals surface area contributed by atoms with Crippen LogP contribution in [0.15, 0.2) is 0 Å². The number of esters is 1. The third kappa shape index (κ3) is 3.51. The van der Waals surface area contributed by atoms with Crippen molar-refractivity contribution in [3.8, 4) is 0 Å². The summed E-state index contributed by atoms with van der Waals surface area (Å²) in [5.41, 5.74) is 0. The average molecular weight is 414 g/mol. The van der Waals surface area contributed by atoms with E-state index in [0.29, 0.717) is 11.8 Å². The van der Waals surface area contributed by atoms with Crippen LogP contribution in [0.5, 0.6) is 0 Å². The maximum Gasteiger partial charge on any atom is 0.309 e. The summed E-state index contributed by atoms with van der Waals surface area (Å²) in [7, 11) is 0. The van der Waals surface area contributed by atoms with Gasteiger partial charge in [-0.1, -0.05) is 20.8 Å². The maximum atomic E-state index is 12.2. The molecule has 0 spiro atoms. The van der Waals surface area contributed by atoms with Gasteiger partial charge in [0.25, 0.3) is 0 Å². The first-order valence-corrected chi connectivity index (χ1v) is 10.9. The van der Waals surface area contributed by atoms with Gasteiger partial charge in [0.15, 0.2) is 6.29 Å². The standard InChI is InChI=1S/C21H34O8/c1-8-6-13(27-21-18(25)17(24)16(23)14(7-22)28-21)12-5-4-11-10(3)20(26)29-19(11)15(12)9(8)2/h8-19,21-25H,4-7H2,1-3H3/t8-,9-,10-,11-,12?,13+,14+,15-,16+,17-,18+,19-,21+/m0/s1. The van der Waals surface area contributed by atoms with Crippen molar-refractivity contribution >= 4 is 5.97 Å². The van der Waals surface area contributed by atoms with Gasteiger partial charge in [-0.3, -0.25) is 4.79 Å². The molecule has 4 fully saturated rings. The van der Waals surface area contributed by atoms with Crippen molar-refractivity contribution in [1.82, 2.24) is 0 Å². The summed E-state index contributed by atoms with van der Waals surface area (Å²) >= 11 is 0. The largest absolute Gasteiger partial charge is 0.462 e. The Morgan fingerprint density at radius 3 is 2.41 bits per heavy atom. The first-order valence-electron chi connectivity index (χ1n) is 10.9. The van der Waals surface area contributed by atoms with Crippen molar-refractivity contribution in [2.45, 2.75) is 82.9 Å². The molecule has 13 atom stereocenters. The quantitative estimate of drug-likeness (QED) is 0.478. The van der Waals surface area contributed by atoms with Crippen LogP contribution in [0.1, 0.15) is 40.0 Å². The molecule has 2 saturated heterocycles. The van der Waals surface area contributed by atoms with E-state index >= 15 is 0 Å². The van der Waals surface area contributed by atoms with Crippen molar-refractivity contribution in [3.63, 3.8) is 0 Å². The van der Waals surface area contributed by atoms with Gasteiger partial charge in [0, 0.05) is 11.8 Å². The van der Waals surface area contributed by atoms with E-state index in [-0.39, 0.29) is 41.8 Å². The Kier molecular flexibility index (Phi) is 5.96. The Balaban J connectivity index is 1.53. The lowest BCUT2D eigenvalue weighted by Gasteiger charge is -2.52. The summed E-state index contributed by atoms with van der Waals surface area (Å²) in [6.45, 7) is 5.85. The van der Waals surface area contributed by atoms with E-state index in [1.807, 2.05) is 6.92 Å². The van der Waals surface area contributed by atoms with E-state index < -0.39 is 37.3 Å². The molecule has 4 aliphatic rings. The third-order valence-corrected chi connectivity index (χ3v) is 8.14. The molecule has 4 N–H and O–H groups in total. The van der Waals surface area contributed by atoms with Crippen LogP contribution in [0.3, 0.4) is 0 Å². The van der Waals surface area contributed by atoms with E-state index in [2.05, 4.69) is 13.8 Å². The van der Waals surface area contributed by atoms with E-state index in [4.69, 9.17) is 14.2 Å². The van der Waals surface area contributed by atoms with Gasteiger partial charge in [0.05, 0.1) is 18.6 Å². The predicted molar refractivity (Wildman–Crippen MR) is 100 cm³/mol. The summed E-state index contributed by atoms with van der Waals surface area (Å²) in [6, 6.07) is 0. The Labute approximate surface area is 171 Å². The summed E-state index contributed by atoms with van der Waals surface area (Å²) < 4.78 is 17.6. The third-order valence-electron chi connectivity index (χ3n) is 8.14. The smallest absolute Gasteiger partial charge is 0.309 e. The van der Waals surface area contributed by atoms with Gasteiger partial charge in [0.2, 0.25) is 0 Å². The molecule has 0 aromatic carbocycles. The number of aliphatic hydroxyl groups excluding tert-OH is 4. The zero-order valence-corrected chi connectivity index (χ0v) is 17.3. The molecule has 2 saturated carbocycles. The molecule has 8 heteroatoms. The molecule has 0 aromatic rings. The number of carbonyl (C=O) groups is 1. The number of ether oxygens (including phenoxy) is 3. The summed E-state index contributed by atoms with van der Waals surface area (Å²) in [4.78, 5) is 12.2. The molecule has 4 rings (SSSR count). The van der Waals surface area contributed by atoms with Crippen LogP contribution in [0.25, 0.3) is 0 Å². The Morgan fingerprint density at radius 1 is 1.03 bits per heavy atom. The minimum absolute atomic E-state index is 0.0739. The minimum Gasteiger partial charge on any atom is -0.462 e. The highest BCUT2D eigenvalue weighted by Crippen LogP contribution is 2.53. The van der Waals surface area contributed by atoms with Gasteiger partial charge >= 0.3 is 5.97 Å². The van der Waals surface area contributed by atoms with Crippen LogP contribution < -0.4 is 0 Å². The summed E-state index contributed by atoms with van der Waals surface area (Å²) in [5.74, 6) is 1.10. The highest BCUT2D eigenvalue weighted by atomic mass is 16.7. The first-order chi connectivity index (χ1) is 13.7. The number of aliphatic hydroxyl groups is 4. The molecule has 0 amide bonds. The van der Waals surface area contributed by atoms with Crippen molar-refractivity contribution in [1.29, 1.82) is 0 Å². The molecule has 1 unspecified atom stereocenters. The van der Waals surface area contributed by atoms with Gasteiger partial charge in [-0.05, 0) is 37.0 Å². The highest BCUT2D eigenvalue weighted by Gasteiger charge is 2.57. The summed E-state index contributed by atoms with van der Waals surface area (Å²) in [6.07, 6.45) is -4.10. The van der Waals surface area contributed by atoms with Gasteiger partial charge in [-0.2, -0.15) is 0 Å². The van der Waals surface area contributed by atoms with E-state index in [1.54, 1.807) is 0 Å². The Hall–Kier alpha value is -0.770. The molecule has 0 radical (unpaired) electrons. The van der Waals surface area contributed by atoms with Gasteiger partial charge in [0.1, 0.15) is 30.5 Å². The van der Waals surface area contributed by atoms with Crippen LogP contribution in [-0.2, 0) is 19.0 Å². The fourth-order valence-electron chi connectivity index (χ4n) is 6.15. The molecule has 2 aliphatic carbocycles. The number of hydrogen-bond donors (Lipinski definition) is 4. The number of hydrogen-bond acceptors (Lipinski definition) is 8. The number of carbonyl (C=O) groups excluding carboxylic acids is 1. The van der Waals surface area contributed by atoms with E-state index in [9.17, 15) is 25.2 Å². The lowest BCUT2D eigenvalue weighted by molar-refractivity contribution is -0.322. The molecule has 8 nitrogen and oxygen atoms in total. The monoisotopic (exact) mass is 414 g/mol. The second kappa shape index (κ2) is 8.05. The predicted octanol–water partition coefficient (Wildman–Crippen LogP) is 0.0513. The normalized spacial score (nSPS) is 55.1. The topological polar surface area (TPSA) is 126 Å². The molecule has 2 aliphatic heterocycles. The fourth-order valence-corrected chi connectivity index (χ4v) is 6.15. The van der Waals surface area contributed by atoms with Gasteiger partial charge in [-0.15, -0.1) is 0 Å². The maximum absolute atomic E-state index is 12.2. The van der Waals surface area contributed by atoms with Crippen molar-refractivity contribution in [2.75, 3.05) is 6.61 Å². The minimum atomic E-state index is -1.45. The van der Waals surface area contributed by atoms with Crippen molar-refractivity contribution < 1.29 is 39.4 Å². The second-order valence-corrected chi connectivity index (χ2v) is 9.62. The van der Waals surface area contributed by atoms with Crippen LogP contribution in [0.2, 0.25) is 0 Å². The fraction of sp³-hybridized carbons (Fsp3) is 0.952. The summed E-state index contributed by atoms with van der Waals surface area (Å²) in [5, 5.41) is 39.9. The molecular formula is C21H34O8. The molecule has 0 bridgehead atoms. The van der Waals surface area contributed by atoms with Crippen molar-refractivity contribution in [3.05, 3.63) is 0 Å². The number of fused-ring (bicyclic) bond motifs is 3. The highest BCUT2D eigenvalue weighted by molar-refractivity contribution is 5.75. The van der Waals surface area contributed by atoms with Crippen LogP contribution >= 0.6 is 0 Å². The average Bonchev–Trinajstić information content (AvgIpc) is 2.99. The Morgan fingerprint density at radius 2 is 1.72 bits per heavy atom. The molecule has 29 heavy (non-hydrogen) atoms. The molecule has 166 valence electrons. The molecular weight excluding hydrogens is 380 g/mol. The van der Waals surface area contributed by atoms with Crippen LogP contribution in [0.4, 0.5) is 0 Å². The lowest BCUT2D eigenvalue weighted by atomic mass is 9.57. The first kappa shape index (κ1) is 21.5. The SMILES string of the molecule is C[C@@H]1[C@H]2C(CC[C@@H]3[C@@H]2OC(=O)[C@H]3C)[C@H](O[C@@H]2O[C@H](CO)[C@@H](O)[C@H](O)[C@H]2O)C[C@@H]1C. The van der Waals surface area contributed by atoms with Crippen LogP contribution in [-0.4, -0.2) is 75.9 Å². The lowest BCUT2D eigenvalue weighted by Crippen LogP contribution is -2.61. The zero-order chi connectivity index (χ0) is 21.0. The van der Waals surface area contributed by atoms with Crippen molar-refractivity contribution in [2.24, 2.45) is 35.5 Å². The van der Waals surface area contributed by atoms with Gasteiger partial charge < -0.3 is 34.6 Å². The van der Waals surface area contributed by atoms with Gasteiger partial charge in [-0.25, -0.2) is 0 Å². The van der Waals surface area contributed by atoms with Crippen LogP contribution in [0, 0.1) is 35.5 Å². The molecule has 0 aromatic heterocycles. The zero-order valence-electron chi connectivity index (χ0n) is 17.3. The second-order valence-electron chi connectivity index (χ2n) is 9.62.